The van der Waals surface area contributed by atoms with Crippen molar-refractivity contribution in [2.45, 2.75) is 12.5 Å². The molecule has 3 aromatic rings. The van der Waals surface area contributed by atoms with Crippen LogP contribution in [0.2, 0.25) is 0 Å². The molecule has 6 nitrogen and oxygen atoms in total. The molecule has 1 aromatic carbocycles. The summed E-state index contributed by atoms with van der Waals surface area (Å²) in [5.41, 5.74) is 0.496. The highest BCUT2D eigenvalue weighted by Crippen LogP contribution is 2.21. The maximum Gasteiger partial charge on any atom is 0.273 e. The number of benzene rings is 1. The lowest BCUT2D eigenvalue weighted by Gasteiger charge is -2.23. The van der Waals surface area contributed by atoms with Crippen molar-refractivity contribution < 1.29 is 14.4 Å². The van der Waals surface area contributed by atoms with Gasteiger partial charge in [0.2, 0.25) is 0 Å². The van der Waals surface area contributed by atoms with E-state index in [0.717, 1.165) is 11.1 Å². The second kappa shape index (κ2) is 6.64. The zero-order valence-electron chi connectivity index (χ0n) is 13.1. The standard InChI is InChI=1S/C18H17N3O3/c1-18(23,14-5-3-2-4-6-14)12-20-17(22)15-11-16(24-21-15)13-7-9-19-10-8-13/h2-11,23H,12H2,1H3,(H,20,22). The van der Waals surface area contributed by atoms with Crippen molar-refractivity contribution in [3.63, 3.8) is 0 Å². The number of aromatic nitrogens is 2. The van der Waals surface area contributed by atoms with Crippen LogP contribution >= 0.6 is 0 Å². The molecule has 0 radical (unpaired) electrons. The predicted octanol–water partition coefficient (Wildman–Crippen LogP) is 2.37. The van der Waals surface area contributed by atoms with Crippen molar-refractivity contribution in [2.24, 2.45) is 0 Å². The predicted molar refractivity (Wildman–Crippen MR) is 88.1 cm³/mol. The quantitative estimate of drug-likeness (QED) is 0.752. The summed E-state index contributed by atoms with van der Waals surface area (Å²) in [7, 11) is 0. The zero-order chi connectivity index (χ0) is 17.0. The molecule has 1 atom stereocenters. The molecule has 0 saturated carbocycles. The first-order valence-corrected chi connectivity index (χ1v) is 7.49. The van der Waals surface area contributed by atoms with Crippen molar-refractivity contribution in [1.82, 2.24) is 15.5 Å². The van der Waals surface area contributed by atoms with Crippen LogP contribution in [0.1, 0.15) is 23.0 Å². The first-order chi connectivity index (χ1) is 11.6. The lowest BCUT2D eigenvalue weighted by Crippen LogP contribution is -2.38. The Hall–Kier alpha value is -2.99. The number of nitrogens with one attached hydrogen (secondary N) is 1. The highest BCUT2D eigenvalue weighted by Gasteiger charge is 2.24. The number of carbonyl (C=O) groups excluding carboxylic acids is 1. The average molecular weight is 323 g/mol. The van der Waals surface area contributed by atoms with Gasteiger partial charge in [0.05, 0.1) is 6.54 Å². The number of nitrogens with zero attached hydrogens (tertiary/aromatic N) is 2. The maximum atomic E-state index is 12.2. The lowest BCUT2D eigenvalue weighted by molar-refractivity contribution is 0.0524. The van der Waals surface area contributed by atoms with Gasteiger partial charge in [-0.2, -0.15) is 0 Å². The number of rotatable bonds is 5. The van der Waals surface area contributed by atoms with Crippen LogP contribution in [-0.2, 0) is 5.60 Å². The monoisotopic (exact) mass is 323 g/mol. The zero-order valence-corrected chi connectivity index (χ0v) is 13.1. The Kier molecular flexibility index (Phi) is 4.39. The van der Waals surface area contributed by atoms with Crippen LogP contribution in [0, 0.1) is 0 Å². The highest BCUT2D eigenvalue weighted by atomic mass is 16.5. The Labute approximate surface area is 139 Å². The molecule has 0 fully saturated rings. The molecule has 0 aliphatic heterocycles. The largest absolute Gasteiger partial charge is 0.384 e. The van der Waals surface area contributed by atoms with Gasteiger partial charge < -0.3 is 14.9 Å². The molecular formula is C18H17N3O3. The number of hydrogen-bond donors (Lipinski definition) is 2. The summed E-state index contributed by atoms with van der Waals surface area (Å²) in [6.45, 7) is 1.71. The van der Waals surface area contributed by atoms with Gasteiger partial charge in [0, 0.05) is 24.0 Å². The molecule has 2 heterocycles. The summed E-state index contributed by atoms with van der Waals surface area (Å²) < 4.78 is 5.19. The third kappa shape index (κ3) is 3.49. The molecule has 2 aromatic heterocycles. The minimum absolute atomic E-state index is 0.0628. The van der Waals surface area contributed by atoms with Crippen LogP contribution in [0.4, 0.5) is 0 Å². The summed E-state index contributed by atoms with van der Waals surface area (Å²) in [6, 6.07) is 14.3. The fourth-order valence-corrected chi connectivity index (χ4v) is 2.28. The van der Waals surface area contributed by atoms with Crippen LogP contribution < -0.4 is 5.32 Å². The summed E-state index contributed by atoms with van der Waals surface area (Å²) in [4.78, 5) is 16.1. The van der Waals surface area contributed by atoms with Crippen molar-refractivity contribution in [1.29, 1.82) is 0 Å². The molecule has 122 valence electrons. The van der Waals surface area contributed by atoms with Gasteiger partial charge in [-0.25, -0.2) is 0 Å². The van der Waals surface area contributed by atoms with E-state index in [0.29, 0.717) is 5.76 Å². The topological polar surface area (TPSA) is 88.2 Å². The van der Waals surface area contributed by atoms with Crippen LogP contribution in [0.15, 0.2) is 65.4 Å². The first-order valence-electron chi connectivity index (χ1n) is 7.49. The van der Waals surface area contributed by atoms with Gasteiger partial charge in [0.25, 0.3) is 5.91 Å². The SMILES string of the molecule is CC(O)(CNC(=O)c1cc(-c2ccncc2)on1)c1ccccc1. The summed E-state index contributed by atoms with van der Waals surface area (Å²) >= 11 is 0. The molecule has 2 N–H and O–H groups in total. The van der Waals surface area contributed by atoms with Crippen LogP contribution in [0.5, 0.6) is 0 Å². The van der Waals surface area contributed by atoms with Gasteiger partial charge in [-0.05, 0) is 24.6 Å². The Balaban J connectivity index is 1.67. The number of amides is 1. The molecule has 6 heteroatoms. The Morgan fingerprint density at radius 3 is 2.62 bits per heavy atom. The molecule has 24 heavy (non-hydrogen) atoms. The van der Waals surface area contributed by atoms with Gasteiger partial charge in [0.15, 0.2) is 11.5 Å². The van der Waals surface area contributed by atoms with E-state index in [-0.39, 0.29) is 12.2 Å². The van der Waals surface area contributed by atoms with Crippen LogP contribution in [-0.4, -0.2) is 27.7 Å². The third-order valence-corrected chi connectivity index (χ3v) is 3.70. The summed E-state index contributed by atoms with van der Waals surface area (Å²) in [5.74, 6) is 0.0765. The Morgan fingerprint density at radius 2 is 1.92 bits per heavy atom. The van der Waals surface area contributed by atoms with Gasteiger partial charge in [-0.3, -0.25) is 9.78 Å². The number of aliphatic hydroxyl groups is 1. The van der Waals surface area contributed by atoms with Gasteiger partial charge in [-0.1, -0.05) is 35.5 Å². The smallest absolute Gasteiger partial charge is 0.273 e. The normalized spacial score (nSPS) is 13.2. The lowest BCUT2D eigenvalue weighted by atomic mass is 9.96. The van der Waals surface area contributed by atoms with E-state index < -0.39 is 11.5 Å². The van der Waals surface area contributed by atoms with Crippen LogP contribution in [0.3, 0.4) is 0 Å². The van der Waals surface area contributed by atoms with Crippen molar-refractivity contribution in [3.05, 3.63) is 72.2 Å². The van der Waals surface area contributed by atoms with Crippen LogP contribution in [0.25, 0.3) is 11.3 Å². The molecule has 0 aliphatic carbocycles. The second-order valence-electron chi connectivity index (χ2n) is 5.63. The summed E-state index contributed by atoms with van der Waals surface area (Å²) in [5, 5.41) is 17.0. The van der Waals surface area contributed by atoms with Gasteiger partial charge in [0.1, 0.15) is 5.60 Å². The molecule has 0 aliphatic rings. The number of carbonyl (C=O) groups is 1. The van der Waals surface area contributed by atoms with Crippen molar-refractivity contribution in [2.75, 3.05) is 6.54 Å². The molecule has 3 rings (SSSR count). The highest BCUT2D eigenvalue weighted by molar-refractivity contribution is 5.93. The minimum atomic E-state index is -1.17. The van der Waals surface area contributed by atoms with E-state index in [9.17, 15) is 9.90 Å². The summed E-state index contributed by atoms with van der Waals surface area (Å²) in [6.07, 6.45) is 3.27. The van der Waals surface area contributed by atoms with E-state index in [1.54, 1.807) is 37.5 Å². The fourth-order valence-electron chi connectivity index (χ4n) is 2.28. The van der Waals surface area contributed by atoms with Crippen molar-refractivity contribution in [3.8, 4) is 11.3 Å². The van der Waals surface area contributed by atoms with E-state index >= 15 is 0 Å². The minimum Gasteiger partial charge on any atom is -0.384 e. The molecular weight excluding hydrogens is 306 g/mol. The fraction of sp³-hybridized carbons (Fsp3) is 0.167. The maximum absolute atomic E-state index is 12.2. The third-order valence-electron chi connectivity index (χ3n) is 3.70. The molecule has 1 unspecified atom stereocenters. The Morgan fingerprint density at radius 1 is 1.21 bits per heavy atom. The average Bonchev–Trinajstić information content (AvgIpc) is 3.11. The molecule has 0 saturated heterocycles. The number of pyridine rings is 1. The molecule has 0 bridgehead atoms. The molecule has 1 amide bonds. The van der Waals surface area contributed by atoms with Gasteiger partial charge in [-0.15, -0.1) is 0 Å². The van der Waals surface area contributed by atoms with E-state index in [4.69, 9.17) is 4.52 Å². The molecule has 0 spiro atoms. The van der Waals surface area contributed by atoms with E-state index in [1.165, 1.54) is 0 Å². The van der Waals surface area contributed by atoms with E-state index in [2.05, 4.69) is 15.5 Å². The first kappa shape index (κ1) is 15.9. The second-order valence-corrected chi connectivity index (χ2v) is 5.63. The Bertz CT molecular complexity index is 814. The number of hydrogen-bond acceptors (Lipinski definition) is 5. The van der Waals surface area contributed by atoms with Gasteiger partial charge >= 0.3 is 0 Å². The van der Waals surface area contributed by atoms with Crippen molar-refractivity contribution >= 4 is 5.91 Å². The van der Waals surface area contributed by atoms with E-state index in [1.807, 2.05) is 30.3 Å².